The van der Waals surface area contributed by atoms with Crippen molar-refractivity contribution in [1.82, 2.24) is 5.32 Å². The summed E-state index contributed by atoms with van der Waals surface area (Å²) in [6.07, 6.45) is 6.10. The molecule has 2 N–H and O–H groups in total. The largest absolute Gasteiger partial charge is 0.480 e. The molecule has 0 unspecified atom stereocenters. The zero-order valence-electron chi connectivity index (χ0n) is 12.5. The van der Waals surface area contributed by atoms with Crippen molar-refractivity contribution in [3.8, 4) is 0 Å². The molecule has 0 heterocycles. The Morgan fingerprint density at radius 1 is 1.24 bits per heavy atom. The van der Waals surface area contributed by atoms with Gasteiger partial charge in [-0.25, -0.2) is 4.79 Å². The number of nitrogens with one attached hydrogen (secondary N) is 1. The second-order valence-corrected chi connectivity index (χ2v) is 5.73. The Kier molecular flexibility index (Phi) is 5.37. The lowest BCUT2D eigenvalue weighted by molar-refractivity contribution is -0.141. The van der Waals surface area contributed by atoms with Crippen molar-refractivity contribution in [3.05, 3.63) is 34.9 Å². The quantitative estimate of drug-likeness (QED) is 0.845. The lowest BCUT2D eigenvalue weighted by atomic mass is 9.90. The van der Waals surface area contributed by atoms with Crippen LogP contribution in [-0.4, -0.2) is 23.0 Å². The predicted octanol–water partition coefficient (Wildman–Crippen LogP) is 2.48. The first-order valence-electron chi connectivity index (χ1n) is 7.73. The van der Waals surface area contributed by atoms with E-state index in [9.17, 15) is 9.59 Å². The predicted molar refractivity (Wildman–Crippen MR) is 81.3 cm³/mol. The third-order valence-electron chi connectivity index (χ3n) is 3.99. The van der Waals surface area contributed by atoms with Crippen LogP contribution in [-0.2, 0) is 28.9 Å². The number of aliphatic carboxylic acids is 1. The molecular formula is C17H23NO3. The SMILES string of the molecule is CCC[C@H](NC(=O)Cc1ccc2c(c1)CCCC2)C(=O)O. The Morgan fingerprint density at radius 2 is 1.95 bits per heavy atom. The summed E-state index contributed by atoms with van der Waals surface area (Å²) in [5, 5.41) is 11.7. The van der Waals surface area contributed by atoms with Crippen molar-refractivity contribution < 1.29 is 14.7 Å². The second kappa shape index (κ2) is 7.25. The number of aryl methyl sites for hydroxylation is 2. The molecule has 1 amide bonds. The van der Waals surface area contributed by atoms with Gasteiger partial charge in [-0.1, -0.05) is 31.5 Å². The lowest BCUT2D eigenvalue weighted by Gasteiger charge is -2.17. The molecule has 0 aliphatic heterocycles. The van der Waals surface area contributed by atoms with E-state index in [0.29, 0.717) is 6.42 Å². The van der Waals surface area contributed by atoms with Crippen molar-refractivity contribution >= 4 is 11.9 Å². The Morgan fingerprint density at radius 3 is 2.62 bits per heavy atom. The number of hydrogen-bond donors (Lipinski definition) is 2. The molecule has 0 saturated heterocycles. The standard InChI is InChI=1S/C17H23NO3/c1-2-5-15(17(20)21)18-16(19)11-12-8-9-13-6-3-4-7-14(13)10-12/h8-10,15H,2-7,11H2,1H3,(H,18,19)(H,20,21)/t15-/m0/s1. The van der Waals surface area contributed by atoms with Gasteiger partial charge in [-0.3, -0.25) is 4.79 Å². The second-order valence-electron chi connectivity index (χ2n) is 5.73. The van der Waals surface area contributed by atoms with E-state index in [-0.39, 0.29) is 12.3 Å². The van der Waals surface area contributed by atoms with Gasteiger partial charge in [0.1, 0.15) is 6.04 Å². The van der Waals surface area contributed by atoms with E-state index >= 15 is 0 Å². The Labute approximate surface area is 125 Å². The van der Waals surface area contributed by atoms with Crippen LogP contribution < -0.4 is 5.32 Å². The number of hydrogen-bond acceptors (Lipinski definition) is 2. The molecule has 2 rings (SSSR count). The summed E-state index contributed by atoms with van der Waals surface area (Å²) in [5.74, 6) is -1.18. The fraction of sp³-hybridized carbons (Fsp3) is 0.529. The normalized spacial score (nSPS) is 15.1. The summed E-state index contributed by atoms with van der Waals surface area (Å²) in [5.41, 5.74) is 3.70. The topological polar surface area (TPSA) is 66.4 Å². The molecule has 21 heavy (non-hydrogen) atoms. The van der Waals surface area contributed by atoms with Crippen molar-refractivity contribution in [2.24, 2.45) is 0 Å². The summed E-state index contributed by atoms with van der Waals surface area (Å²) in [7, 11) is 0. The fourth-order valence-electron chi connectivity index (χ4n) is 2.87. The van der Waals surface area contributed by atoms with Crippen molar-refractivity contribution in [1.29, 1.82) is 0 Å². The third kappa shape index (κ3) is 4.31. The summed E-state index contributed by atoms with van der Waals surface area (Å²) in [6.45, 7) is 1.91. The Hall–Kier alpha value is -1.84. The number of rotatable bonds is 6. The number of carboxylic acid groups (broad SMARTS) is 1. The molecule has 0 spiro atoms. The maximum Gasteiger partial charge on any atom is 0.326 e. The van der Waals surface area contributed by atoms with Gasteiger partial charge in [-0.15, -0.1) is 0 Å². The summed E-state index contributed by atoms with van der Waals surface area (Å²) in [6, 6.07) is 5.42. The Balaban J connectivity index is 1.97. The minimum absolute atomic E-state index is 0.216. The van der Waals surface area contributed by atoms with E-state index in [1.54, 1.807) is 0 Å². The molecule has 1 aromatic carbocycles. The zero-order valence-corrected chi connectivity index (χ0v) is 12.5. The summed E-state index contributed by atoms with van der Waals surface area (Å²) < 4.78 is 0. The Bertz CT molecular complexity index is 525. The first-order valence-corrected chi connectivity index (χ1v) is 7.73. The smallest absolute Gasteiger partial charge is 0.326 e. The maximum atomic E-state index is 12.0. The van der Waals surface area contributed by atoms with E-state index in [2.05, 4.69) is 17.4 Å². The van der Waals surface area contributed by atoms with E-state index in [0.717, 1.165) is 24.8 Å². The van der Waals surface area contributed by atoms with Gasteiger partial charge in [-0.05, 0) is 48.8 Å². The first kappa shape index (κ1) is 15.5. The number of fused-ring (bicyclic) bond motifs is 1. The van der Waals surface area contributed by atoms with Gasteiger partial charge in [0.05, 0.1) is 6.42 Å². The highest BCUT2D eigenvalue weighted by Gasteiger charge is 2.19. The van der Waals surface area contributed by atoms with Crippen LogP contribution in [0.5, 0.6) is 0 Å². The van der Waals surface area contributed by atoms with Gasteiger partial charge in [0, 0.05) is 0 Å². The van der Waals surface area contributed by atoms with Gasteiger partial charge < -0.3 is 10.4 Å². The molecule has 0 bridgehead atoms. The van der Waals surface area contributed by atoms with Crippen LogP contribution in [0.1, 0.15) is 49.3 Å². The van der Waals surface area contributed by atoms with Crippen molar-refractivity contribution in [2.45, 2.75) is 57.9 Å². The molecule has 1 aromatic rings. The van der Waals surface area contributed by atoms with E-state index in [4.69, 9.17) is 5.11 Å². The van der Waals surface area contributed by atoms with E-state index < -0.39 is 12.0 Å². The molecule has 1 aliphatic rings. The minimum Gasteiger partial charge on any atom is -0.480 e. The van der Waals surface area contributed by atoms with Crippen LogP contribution in [0, 0.1) is 0 Å². The highest BCUT2D eigenvalue weighted by molar-refractivity contribution is 5.84. The van der Waals surface area contributed by atoms with Crippen molar-refractivity contribution in [2.75, 3.05) is 0 Å². The molecule has 4 heteroatoms. The van der Waals surface area contributed by atoms with Crippen LogP contribution in [0.25, 0.3) is 0 Å². The van der Waals surface area contributed by atoms with Gasteiger partial charge in [0.2, 0.25) is 5.91 Å². The number of carbonyl (C=O) groups is 2. The molecule has 1 atom stereocenters. The van der Waals surface area contributed by atoms with Crippen LogP contribution >= 0.6 is 0 Å². The van der Waals surface area contributed by atoms with Crippen molar-refractivity contribution in [3.63, 3.8) is 0 Å². The fourth-order valence-corrected chi connectivity index (χ4v) is 2.87. The maximum absolute atomic E-state index is 12.0. The number of amides is 1. The van der Waals surface area contributed by atoms with Gasteiger partial charge in [0.25, 0.3) is 0 Å². The summed E-state index contributed by atoms with van der Waals surface area (Å²) in [4.78, 5) is 23.0. The van der Waals surface area contributed by atoms with Crippen LogP contribution in [0.2, 0.25) is 0 Å². The minimum atomic E-state index is -0.962. The van der Waals surface area contributed by atoms with Crippen LogP contribution in [0.4, 0.5) is 0 Å². The van der Waals surface area contributed by atoms with Gasteiger partial charge >= 0.3 is 5.97 Å². The number of carboxylic acids is 1. The average Bonchev–Trinajstić information content (AvgIpc) is 2.46. The number of benzene rings is 1. The van der Waals surface area contributed by atoms with E-state index in [1.165, 1.54) is 24.0 Å². The lowest BCUT2D eigenvalue weighted by Crippen LogP contribution is -2.41. The number of carbonyl (C=O) groups excluding carboxylic acids is 1. The molecule has 0 saturated carbocycles. The molecule has 4 nitrogen and oxygen atoms in total. The molecule has 0 radical (unpaired) electrons. The third-order valence-corrected chi connectivity index (χ3v) is 3.99. The molecule has 1 aliphatic carbocycles. The highest BCUT2D eigenvalue weighted by Crippen LogP contribution is 2.22. The van der Waals surface area contributed by atoms with E-state index in [1.807, 2.05) is 13.0 Å². The highest BCUT2D eigenvalue weighted by atomic mass is 16.4. The average molecular weight is 289 g/mol. The molecule has 0 aromatic heterocycles. The van der Waals surface area contributed by atoms with Gasteiger partial charge in [0.15, 0.2) is 0 Å². The van der Waals surface area contributed by atoms with Crippen LogP contribution in [0.15, 0.2) is 18.2 Å². The summed E-state index contributed by atoms with van der Waals surface area (Å²) >= 11 is 0. The van der Waals surface area contributed by atoms with Crippen LogP contribution in [0.3, 0.4) is 0 Å². The molecule has 0 fully saturated rings. The zero-order chi connectivity index (χ0) is 15.2. The monoisotopic (exact) mass is 289 g/mol. The molecule has 114 valence electrons. The molecular weight excluding hydrogens is 266 g/mol. The van der Waals surface area contributed by atoms with Gasteiger partial charge in [-0.2, -0.15) is 0 Å². The first-order chi connectivity index (χ1) is 10.1.